The number of aromatic hydroxyl groups is 1. The van der Waals surface area contributed by atoms with Crippen molar-refractivity contribution in [2.24, 2.45) is 0 Å². The molecule has 12 heteroatoms. The van der Waals surface area contributed by atoms with Crippen molar-refractivity contribution in [1.29, 1.82) is 0 Å². The van der Waals surface area contributed by atoms with E-state index in [0.717, 1.165) is 35.0 Å². The smallest absolute Gasteiger partial charge is 0.338 e. The Morgan fingerprint density at radius 1 is 1.22 bits per heavy atom. The average Bonchev–Trinajstić information content (AvgIpc) is 3.30. The fourth-order valence-corrected chi connectivity index (χ4v) is 5.60. The number of anilines is 1. The molecule has 194 valence electrons. The molecule has 0 aliphatic carbocycles. The number of hydrogen-bond acceptors (Lipinski definition) is 9. The topological polar surface area (TPSA) is 128 Å². The quantitative estimate of drug-likeness (QED) is 0.132. The number of sulfonamides is 1. The minimum absolute atomic E-state index is 0.000201. The van der Waals surface area contributed by atoms with E-state index in [2.05, 4.69) is 32.4 Å². The summed E-state index contributed by atoms with van der Waals surface area (Å²) in [4.78, 5) is 11.7. The number of carbonyl (C=O) groups is 1. The van der Waals surface area contributed by atoms with E-state index in [-0.39, 0.29) is 45.3 Å². The van der Waals surface area contributed by atoms with Gasteiger partial charge in [0, 0.05) is 5.33 Å². The number of fused-ring (bicyclic) bond motifs is 1. The Kier molecular flexibility index (Phi) is 9.21. The molecule has 0 atom stereocenters. The fourth-order valence-electron chi connectivity index (χ4n) is 3.55. The Labute approximate surface area is 217 Å². The molecule has 3 aromatic rings. The number of benzene rings is 2. The van der Waals surface area contributed by atoms with E-state index >= 15 is 0 Å². The molecule has 0 aliphatic rings. The predicted octanol–water partition coefficient (Wildman–Crippen LogP) is 4.65. The average molecular weight is 583 g/mol. The second-order valence-electron chi connectivity index (χ2n) is 7.58. The molecule has 0 fully saturated rings. The first-order valence-electron chi connectivity index (χ1n) is 11.0. The Morgan fingerprint density at radius 3 is 2.64 bits per heavy atom. The van der Waals surface area contributed by atoms with Crippen molar-refractivity contribution >= 4 is 48.7 Å². The van der Waals surface area contributed by atoms with Crippen LogP contribution in [0.2, 0.25) is 0 Å². The Hall–Kier alpha value is -3.25. The molecular formula is C24H27BrN2O8S. The number of ether oxygens (including phenoxy) is 3. The second kappa shape index (κ2) is 12.1. The van der Waals surface area contributed by atoms with Crippen molar-refractivity contribution in [3.8, 4) is 17.2 Å². The van der Waals surface area contributed by atoms with Gasteiger partial charge in [-0.05, 0) is 43.5 Å². The fraction of sp³-hybridized carbons (Fsp3) is 0.333. The van der Waals surface area contributed by atoms with Gasteiger partial charge in [0.15, 0.2) is 16.3 Å². The first-order valence-corrected chi connectivity index (χ1v) is 13.6. The predicted molar refractivity (Wildman–Crippen MR) is 138 cm³/mol. The van der Waals surface area contributed by atoms with Crippen LogP contribution in [0, 0.1) is 0 Å². The van der Waals surface area contributed by atoms with Crippen LogP contribution in [0.15, 0.2) is 52.4 Å². The lowest BCUT2D eigenvalue weighted by atomic mass is 10.1. The molecule has 0 amide bonds. The van der Waals surface area contributed by atoms with Crippen molar-refractivity contribution in [3.05, 3.63) is 48.6 Å². The van der Waals surface area contributed by atoms with Crippen LogP contribution >= 0.6 is 15.9 Å². The second-order valence-corrected chi connectivity index (χ2v) is 10.2. The molecule has 36 heavy (non-hydrogen) atoms. The van der Waals surface area contributed by atoms with Gasteiger partial charge in [0.1, 0.15) is 22.6 Å². The number of rotatable bonds is 13. The minimum Gasteiger partial charge on any atom is -0.507 e. The van der Waals surface area contributed by atoms with Crippen molar-refractivity contribution in [1.82, 2.24) is 5.16 Å². The van der Waals surface area contributed by atoms with Crippen LogP contribution < -0.4 is 13.8 Å². The van der Waals surface area contributed by atoms with Gasteiger partial charge in [0.2, 0.25) is 0 Å². The number of phenols is 1. The van der Waals surface area contributed by atoms with E-state index in [4.69, 9.17) is 14.0 Å². The Balaban J connectivity index is 2.11. The van der Waals surface area contributed by atoms with Crippen molar-refractivity contribution in [2.45, 2.75) is 24.2 Å². The Bertz CT molecular complexity index is 1340. The number of halogens is 1. The van der Waals surface area contributed by atoms with Gasteiger partial charge in [-0.15, -0.1) is 6.58 Å². The van der Waals surface area contributed by atoms with Gasteiger partial charge in [-0.2, -0.15) is 0 Å². The van der Waals surface area contributed by atoms with Gasteiger partial charge in [-0.25, -0.2) is 17.5 Å². The van der Waals surface area contributed by atoms with E-state index < -0.39 is 21.7 Å². The summed E-state index contributed by atoms with van der Waals surface area (Å²) in [7, 11) is -1.81. The Morgan fingerprint density at radius 2 is 1.97 bits per heavy atom. The van der Waals surface area contributed by atoms with Gasteiger partial charge in [0.25, 0.3) is 10.0 Å². The highest BCUT2D eigenvalue weighted by Gasteiger charge is 2.35. The molecule has 0 unspecified atom stereocenters. The van der Waals surface area contributed by atoms with E-state index in [1.54, 1.807) is 12.1 Å². The number of phenolic OH excluding ortho intramolecular Hbond substituents is 1. The van der Waals surface area contributed by atoms with Gasteiger partial charge in [-0.1, -0.05) is 33.2 Å². The maximum atomic E-state index is 14.0. The maximum absolute atomic E-state index is 14.0. The highest BCUT2D eigenvalue weighted by molar-refractivity contribution is 9.09. The largest absolute Gasteiger partial charge is 0.507 e. The van der Waals surface area contributed by atoms with Crippen LogP contribution in [0.4, 0.5) is 5.82 Å². The third-order valence-corrected chi connectivity index (χ3v) is 7.62. The maximum Gasteiger partial charge on any atom is 0.338 e. The van der Waals surface area contributed by atoms with Crippen LogP contribution in [0.1, 0.15) is 29.6 Å². The summed E-state index contributed by atoms with van der Waals surface area (Å²) >= 11 is 3.38. The number of carbonyl (C=O) groups excluding carboxylic acids is 1. The highest BCUT2D eigenvalue weighted by atomic mass is 79.9. The van der Waals surface area contributed by atoms with Gasteiger partial charge in [-0.3, -0.25) is 0 Å². The summed E-state index contributed by atoms with van der Waals surface area (Å²) in [5.41, 5.74) is 0.0154. The molecule has 0 aliphatic heterocycles. The number of esters is 1. The standard InChI is InChI=1S/C24H27BrN2O8S/c1-4-12-27(23-21-17(28)14-16(24(29)33-3)15-20(21)35-26-23)36(30,31)22-18(32-2)9-8-10-19(22)34-13-7-5-6-11-25/h4,8-10,14-15,28H,1,5-7,11-13H2,2-3H3. The van der Waals surface area contributed by atoms with E-state index in [1.165, 1.54) is 32.4 Å². The van der Waals surface area contributed by atoms with Crippen LogP contribution in [-0.4, -0.2) is 57.4 Å². The third-order valence-electron chi connectivity index (χ3n) is 5.23. The van der Waals surface area contributed by atoms with E-state index in [9.17, 15) is 18.3 Å². The summed E-state index contributed by atoms with van der Waals surface area (Å²) in [6.45, 7) is 3.77. The molecule has 0 saturated carbocycles. The lowest BCUT2D eigenvalue weighted by Gasteiger charge is -2.23. The molecule has 0 bridgehead atoms. The summed E-state index contributed by atoms with van der Waals surface area (Å²) < 4.78 is 50.1. The van der Waals surface area contributed by atoms with Crippen LogP contribution in [0.25, 0.3) is 11.0 Å². The third kappa shape index (κ3) is 5.59. The van der Waals surface area contributed by atoms with Crippen LogP contribution in [0.5, 0.6) is 17.2 Å². The summed E-state index contributed by atoms with van der Waals surface area (Å²) in [6, 6.07) is 7.15. The molecular weight excluding hydrogens is 556 g/mol. The molecule has 0 spiro atoms. The molecule has 1 heterocycles. The van der Waals surface area contributed by atoms with E-state index in [1.807, 2.05) is 0 Å². The molecule has 0 radical (unpaired) electrons. The van der Waals surface area contributed by atoms with Gasteiger partial charge in [0.05, 0.1) is 32.9 Å². The number of unbranched alkanes of at least 4 members (excludes halogenated alkanes) is 2. The lowest BCUT2D eigenvalue weighted by molar-refractivity contribution is 0.0600. The zero-order valence-electron chi connectivity index (χ0n) is 19.9. The van der Waals surface area contributed by atoms with Crippen LogP contribution in [-0.2, 0) is 14.8 Å². The first kappa shape index (κ1) is 27.3. The summed E-state index contributed by atoms with van der Waals surface area (Å²) in [5, 5.41) is 15.4. The summed E-state index contributed by atoms with van der Waals surface area (Å²) in [5.74, 6) is -1.10. The van der Waals surface area contributed by atoms with Gasteiger partial charge < -0.3 is 23.8 Å². The molecule has 3 rings (SSSR count). The monoisotopic (exact) mass is 582 g/mol. The van der Waals surface area contributed by atoms with Crippen molar-refractivity contribution in [3.63, 3.8) is 0 Å². The lowest BCUT2D eigenvalue weighted by Crippen LogP contribution is -2.32. The SMILES string of the molecule is C=CCN(c1noc2cc(C(=O)OC)cc(O)c12)S(=O)(=O)c1c(OC)cccc1OCCCCCBr. The zero-order chi connectivity index (χ0) is 26.3. The molecule has 1 N–H and O–H groups in total. The van der Waals surface area contributed by atoms with Crippen molar-refractivity contribution < 1.29 is 37.1 Å². The summed E-state index contributed by atoms with van der Waals surface area (Å²) in [6.07, 6.45) is 4.00. The van der Waals surface area contributed by atoms with E-state index in [0.29, 0.717) is 6.61 Å². The number of alkyl halides is 1. The van der Waals surface area contributed by atoms with Crippen LogP contribution in [0.3, 0.4) is 0 Å². The molecule has 1 aromatic heterocycles. The normalized spacial score (nSPS) is 11.3. The molecule has 10 nitrogen and oxygen atoms in total. The first-order chi connectivity index (χ1) is 17.3. The highest BCUT2D eigenvalue weighted by Crippen LogP contribution is 2.41. The minimum atomic E-state index is -4.37. The van der Waals surface area contributed by atoms with Crippen molar-refractivity contribution in [2.75, 3.05) is 37.0 Å². The van der Waals surface area contributed by atoms with Gasteiger partial charge >= 0.3 is 5.97 Å². The number of methoxy groups -OCH3 is 2. The number of nitrogens with zero attached hydrogens (tertiary/aromatic N) is 2. The zero-order valence-corrected chi connectivity index (χ0v) is 22.3. The number of hydrogen-bond donors (Lipinski definition) is 1. The molecule has 2 aromatic carbocycles. The molecule has 0 saturated heterocycles. The number of aromatic nitrogens is 1.